The van der Waals surface area contributed by atoms with Gasteiger partial charge < -0.3 is 15.4 Å². The van der Waals surface area contributed by atoms with Gasteiger partial charge in [0.1, 0.15) is 0 Å². The normalized spacial score (nSPS) is 26.7. The molecule has 1 aliphatic heterocycles. The number of ether oxygens (including phenoxy) is 1. The fourth-order valence-corrected chi connectivity index (χ4v) is 2.80. The van der Waals surface area contributed by atoms with Gasteiger partial charge in [0.25, 0.3) is 0 Å². The zero-order valence-electron chi connectivity index (χ0n) is 10.9. The van der Waals surface area contributed by atoms with Crippen molar-refractivity contribution >= 4 is 5.91 Å². The highest BCUT2D eigenvalue weighted by Gasteiger charge is 2.23. The van der Waals surface area contributed by atoms with Crippen LogP contribution in [0.2, 0.25) is 0 Å². The molecule has 0 spiro atoms. The summed E-state index contributed by atoms with van der Waals surface area (Å²) in [6.45, 7) is 2.20. The van der Waals surface area contributed by atoms with Crippen LogP contribution in [0.25, 0.3) is 0 Å². The van der Waals surface area contributed by atoms with Gasteiger partial charge in [-0.1, -0.05) is 0 Å². The minimum atomic E-state index is 0.111. The third kappa shape index (κ3) is 3.13. The summed E-state index contributed by atoms with van der Waals surface area (Å²) in [5.41, 5.74) is 2.45. The van der Waals surface area contributed by atoms with Crippen LogP contribution in [-0.2, 0) is 22.4 Å². The van der Waals surface area contributed by atoms with Gasteiger partial charge in [-0.3, -0.25) is 9.89 Å². The first kappa shape index (κ1) is 12.6. The summed E-state index contributed by atoms with van der Waals surface area (Å²) < 4.78 is 5.35. The Morgan fingerprint density at radius 1 is 1.58 bits per heavy atom. The van der Waals surface area contributed by atoms with Crippen molar-refractivity contribution in [3.63, 3.8) is 0 Å². The number of hydrogen-bond acceptors (Lipinski definition) is 4. The molecule has 3 rings (SSSR count). The molecular weight excluding hydrogens is 244 g/mol. The molecule has 1 amide bonds. The molecule has 1 aromatic heterocycles. The first-order valence-corrected chi connectivity index (χ1v) is 6.93. The number of aromatic nitrogens is 2. The maximum atomic E-state index is 12.0. The number of rotatable bonds is 3. The third-order valence-electron chi connectivity index (χ3n) is 3.81. The number of hydrogen-bond donors (Lipinski definition) is 3. The quantitative estimate of drug-likeness (QED) is 0.704. The Kier molecular flexibility index (Phi) is 3.79. The molecule has 3 N–H and O–H groups in total. The second-order valence-electron chi connectivity index (χ2n) is 5.31. The topological polar surface area (TPSA) is 79.0 Å². The molecule has 0 aromatic carbocycles. The van der Waals surface area contributed by atoms with Crippen LogP contribution >= 0.6 is 0 Å². The van der Waals surface area contributed by atoms with E-state index in [4.69, 9.17) is 4.74 Å². The predicted molar refractivity (Wildman–Crippen MR) is 69.8 cm³/mol. The van der Waals surface area contributed by atoms with Crippen molar-refractivity contribution in [1.29, 1.82) is 0 Å². The molecule has 2 unspecified atom stereocenters. The van der Waals surface area contributed by atoms with Gasteiger partial charge in [0.15, 0.2) is 0 Å². The van der Waals surface area contributed by atoms with Crippen LogP contribution in [0.15, 0.2) is 6.20 Å². The molecule has 19 heavy (non-hydrogen) atoms. The highest BCUT2D eigenvalue weighted by molar-refractivity contribution is 5.77. The highest BCUT2D eigenvalue weighted by atomic mass is 16.5. The number of H-pyrrole nitrogens is 1. The summed E-state index contributed by atoms with van der Waals surface area (Å²) in [6.07, 6.45) is 5.19. The van der Waals surface area contributed by atoms with E-state index in [0.29, 0.717) is 13.0 Å². The van der Waals surface area contributed by atoms with E-state index in [2.05, 4.69) is 20.8 Å². The average molecular weight is 264 g/mol. The van der Waals surface area contributed by atoms with Crippen molar-refractivity contribution in [3.8, 4) is 0 Å². The molecule has 1 fully saturated rings. The zero-order chi connectivity index (χ0) is 13.1. The fourth-order valence-electron chi connectivity index (χ4n) is 2.80. The number of aromatic amines is 1. The Bertz CT molecular complexity index is 440. The van der Waals surface area contributed by atoms with Crippen LogP contribution in [-0.4, -0.2) is 47.9 Å². The van der Waals surface area contributed by atoms with Crippen molar-refractivity contribution in [3.05, 3.63) is 17.5 Å². The number of fused-ring (bicyclic) bond motifs is 1. The van der Waals surface area contributed by atoms with Gasteiger partial charge in [-0.2, -0.15) is 5.10 Å². The molecule has 0 saturated carbocycles. The lowest BCUT2D eigenvalue weighted by Crippen LogP contribution is -2.46. The van der Waals surface area contributed by atoms with Crippen LogP contribution in [0.3, 0.4) is 0 Å². The number of morpholine rings is 1. The predicted octanol–water partition coefficient (Wildman–Crippen LogP) is -0.238. The van der Waals surface area contributed by atoms with E-state index in [1.807, 2.05) is 6.20 Å². The van der Waals surface area contributed by atoms with Gasteiger partial charge in [-0.15, -0.1) is 0 Å². The van der Waals surface area contributed by atoms with Gasteiger partial charge in [-0.25, -0.2) is 0 Å². The van der Waals surface area contributed by atoms with E-state index < -0.39 is 0 Å². The van der Waals surface area contributed by atoms with Crippen LogP contribution in [0, 0.1) is 0 Å². The molecule has 1 aromatic rings. The molecule has 2 aliphatic rings. The van der Waals surface area contributed by atoms with E-state index >= 15 is 0 Å². The first-order chi connectivity index (χ1) is 9.31. The fraction of sp³-hybridized carbons (Fsp3) is 0.692. The van der Waals surface area contributed by atoms with Crippen LogP contribution < -0.4 is 10.6 Å². The summed E-state index contributed by atoms with van der Waals surface area (Å²) in [7, 11) is 0. The smallest absolute Gasteiger partial charge is 0.221 e. The molecule has 6 nitrogen and oxygen atoms in total. The standard InChI is InChI=1S/C13H20N4O2/c18-13(6-11-8-19-4-3-14-11)16-10-1-2-12-9(5-10)7-15-17-12/h7,10-11,14H,1-6,8H2,(H,15,17)(H,16,18). The van der Waals surface area contributed by atoms with Crippen molar-refractivity contribution < 1.29 is 9.53 Å². The maximum Gasteiger partial charge on any atom is 0.221 e. The number of carbonyl (C=O) groups excluding carboxylic acids is 1. The highest BCUT2D eigenvalue weighted by Crippen LogP contribution is 2.18. The van der Waals surface area contributed by atoms with Crippen molar-refractivity contribution in [2.24, 2.45) is 0 Å². The third-order valence-corrected chi connectivity index (χ3v) is 3.81. The number of amides is 1. The molecular formula is C13H20N4O2. The summed E-state index contributed by atoms with van der Waals surface area (Å²) in [5.74, 6) is 0.111. The second-order valence-corrected chi connectivity index (χ2v) is 5.31. The Hall–Kier alpha value is -1.40. The monoisotopic (exact) mass is 264 g/mol. The lowest BCUT2D eigenvalue weighted by atomic mass is 9.93. The van der Waals surface area contributed by atoms with E-state index in [9.17, 15) is 4.79 Å². The van der Waals surface area contributed by atoms with Gasteiger partial charge in [0.2, 0.25) is 5.91 Å². The van der Waals surface area contributed by atoms with E-state index in [-0.39, 0.29) is 18.0 Å². The maximum absolute atomic E-state index is 12.0. The molecule has 0 radical (unpaired) electrons. The van der Waals surface area contributed by atoms with E-state index in [1.54, 1.807) is 0 Å². The minimum Gasteiger partial charge on any atom is -0.378 e. The SMILES string of the molecule is O=C(CC1COCCN1)NC1CCc2[nH]ncc2C1. The van der Waals surface area contributed by atoms with Crippen molar-refractivity contribution in [2.45, 2.75) is 37.8 Å². The van der Waals surface area contributed by atoms with Crippen LogP contribution in [0.1, 0.15) is 24.1 Å². The van der Waals surface area contributed by atoms with Crippen LogP contribution in [0.4, 0.5) is 0 Å². The molecule has 1 aliphatic carbocycles. The first-order valence-electron chi connectivity index (χ1n) is 6.93. The Morgan fingerprint density at radius 3 is 3.37 bits per heavy atom. The molecule has 0 bridgehead atoms. The van der Waals surface area contributed by atoms with Gasteiger partial charge in [-0.05, 0) is 24.8 Å². The largest absolute Gasteiger partial charge is 0.378 e. The zero-order valence-corrected chi connectivity index (χ0v) is 10.9. The lowest BCUT2D eigenvalue weighted by molar-refractivity contribution is -0.123. The van der Waals surface area contributed by atoms with E-state index in [0.717, 1.165) is 32.4 Å². The minimum absolute atomic E-state index is 0.111. The van der Waals surface area contributed by atoms with Gasteiger partial charge in [0.05, 0.1) is 19.4 Å². The average Bonchev–Trinajstić information content (AvgIpc) is 2.87. The lowest BCUT2D eigenvalue weighted by Gasteiger charge is -2.26. The molecule has 1 saturated heterocycles. The molecule has 2 atom stereocenters. The summed E-state index contributed by atoms with van der Waals surface area (Å²) in [5, 5.41) is 13.5. The number of aryl methyl sites for hydroxylation is 1. The van der Waals surface area contributed by atoms with Gasteiger partial charge in [0, 0.05) is 30.7 Å². The Morgan fingerprint density at radius 2 is 2.53 bits per heavy atom. The molecule has 6 heteroatoms. The van der Waals surface area contributed by atoms with Crippen LogP contribution in [0.5, 0.6) is 0 Å². The Labute approximate surface area is 112 Å². The van der Waals surface area contributed by atoms with E-state index in [1.165, 1.54) is 11.3 Å². The summed E-state index contributed by atoms with van der Waals surface area (Å²) in [6, 6.07) is 0.393. The summed E-state index contributed by atoms with van der Waals surface area (Å²) in [4.78, 5) is 12.0. The molecule has 2 heterocycles. The number of carbonyl (C=O) groups is 1. The second kappa shape index (κ2) is 5.71. The molecule has 104 valence electrons. The Balaban J connectivity index is 1.47. The van der Waals surface area contributed by atoms with Gasteiger partial charge >= 0.3 is 0 Å². The number of nitrogens with zero attached hydrogens (tertiary/aromatic N) is 1. The summed E-state index contributed by atoms with van der Waals surface area (Å²) >= 11 is 0. The van der Waals surface area contributed by atoms with Crippen molar-refractivity contribution in [1.82, 2.24) is 20.8 Å². The number of nitrogens with one attached hydrogen (secondary N) is 3. The van der Waals surface area contributed by atoms with Crippen molar-refractivity contribution in [2.75, 3.05) is 19.8 Å².